The van der Waals surface area contributed by atoms with Crippen molar-refractivity contribution in [2.75, 3.05) is 11.9 Å². The minimum Gasteiger partial charge on any atom is -0.385 e. The van der Waals surface area contributed by atoms with Crippen LogP contribution in [0.2, 0.25) is 0 Å². The Hall–Kier alpha value is -2.55. The molecule has 22 heavy (non-hydrogen) atoms. The van der Waals surface area contributed by atoms with Gasteiger partial charge in [-0.1, -0.05) is 36.4 Å². The standard InChI is InChI=1S/C19H20N2O/c1-3-20-16-11-10-15-12-17(14-8-6-5-7-9-14)19(22)21(4-2)18(15)13-16/h5-13,20H,3-4H2,1-2H3. The predicted octanol–water partition coefficient (Wildman–Crippen LogP) is 4.12. The lowest BCUT2D eigenvalue weighted by Gasteiger charge is -2.13. The number of hydrogen-bond acceptors (Lipinski definition) is 2. The summed E-state index contributed by atoms with van der Waals surface area (Å²) in [5.41, 5.74) is 3.81. The molecule has 0 radical (unpaired) electrons. The molecule has 0 saturated heterocycles. The molecule has 0 fully saturated rings. The molecular formula is C19H20N2O. The second-order valence-corrected chi connectivity index (χ2v) is 5.28. The summed E-state index contributed by atoms with van der Waals surface area (Å²) in [7, 11) is 0. The molecule has 0 amide bonds. The van der Waals surface area contributed by atoms with E-state index in [4.69, 9.17) is 0 Å². The Morgan fingerprint density at radius 2 is 1.77 bits per heavy atom. The third-order valence-corrected chi connectivity index (χ3v) is 3.88. The molecule has 1 aromatic heterocycles. The SMILES string of the molecule is CCNc1ccc2cc(-c3ccccc3)c(=O)n(CC)c2c1. The summed E-state index contributed by atoms with van der Waals surface area (Å²) in [6.07, 6.45) is 0. The third kappa shape index (κ3) is 2.50. The van der Waals surface area contributed by atoms with Gasteiger partial charge in [-0.05, 0) is 43.0 Å². The minimum atomic E-state index is 0.0647. The van der Waals surface area contributed by atoms with Crippen molar-refractivity contribution in [3.8, 4) is 11.1 Å². The van der Waals surface area contributed by atoms with Crippen molar-refractivity contribution in [2.45, 2.75) is 20.4 Å². The number of hydrogen-bond donors (Lipinski definition) is 1. The van der Waals surface area contributed by atoms with Crippen molar-refractivity contribution in [2.24, 2.45) is 0 Å². The fourth-order valence-corrected chi connectivity index (χ4v) is 2.82. The Labute approximate surface area is 130 Å². The van der Waals surface area contributed by atoms with E-state index in [-0.39, 0.29) is 5.56 Å². The van der Waals surface area contributed by atoms with Gasteiger partial charge in [0.25, 0.3) is 5.56 Å². The van der Waals surface area contributed by atoms with Crippen LogP contribution in [0.25, 0.3) is 22.0 Å². The van der Waals surface area contributed by atoms with Crippen molar-refractivity contribution in [1.29, 1.82) is 0 Å². The van der Waals surface area contributed by atoms with E-state index in [2.05, 4.69) is 30.4 Å². The van der Waals surface area contributed by atoms with Gasteiger partial charge < -0.3 is 9.88 Å². The van der Waals surface area contributed by atoms with Gasteiger partial charge in [0.2, 0.25) is 0 Å². The number of aryl methyl sites for hydroxylation is 1. The van der Waals surface area contributed by atoms with Crippen molar-refractivity contribution in [3.63, 3.8) is 0 Å². The summed E-state index contributed by atoms with van der Waals surface area (Å²) in [5.74, 6) is 0. The van der Waals surface area contributed by atoms with Gasteiger partial charge in [-0.15, -0.1) is 0 Å². The molecule has 0 spiro atoms. The predicted molar refractivity (Wildman–Crippen MR) is 93.5 cm³/mol. The van der Waals surface area contributed by atoms with Crippen LogP contribution in [0.4, 0.5) is 5.69 Å². The molecule has 1 heterocycles. The van der Waals surface area contributed by atoms with Crippen LogP contribution < -0.4 is 10.9 Å². The first-order valence-corrected chi connectivity index (χ1v) is 7.71. The van der Waals surface area contributed by atoms with Crippen LogP contribution in [-0.2, 0) is 6.54 Å². The number of benzene rings is 2. The maximum absolute atomic E-state index is 12.8. The lowest BCUT2D eigenvalue weighted by Crippen LogP contribution is -2.21. The number of pyridine rings is 1. The van der Waals surface area contributed by atoms with Crippen molar-refractivity contribution < 1.29 is 0 Å². The van der Waals surface area contributed by atoms with Gasteiger partial charge in [0.05, 0.1) is 5.52 Å². The van der Waals surface area contributed by atoms with Gasteiger partial charge >= 0.3 is 0 Å². The highest BCUT2D eigenvalue weighted by atomic mass is 16.1. The minimum absolute atomic E-state index is 0.0647. The highest BCUT2D eigenvalue weighted by molar-refractivity contribution is 5.86. The Morgan fingerprint density at radius 3 is 2.45 bits per heavy atom. The average molecular weight is 292 g/mol. The molecule has 0 atom stereocenters. The molecule has 0 aliphatic carbocycles. The van der Waals surface area contributed by atoms with Crippen LogP contribution >= 0.6 is 0 Å². The van der Waals surface area contributed by atoms with Gasteiger partial charge in [0.15, 0.2) is 0 Å². The van der Waals surface area contributed by atoms with Crippen LogP contribution in [0.5, 0.6) is 0 Å². The molecule has 0 unspecified atom stereocenters. The monoisotopic (exact) mass is 292 g/mol. The summed E-state index contributed by atoms with van der Waals surface area (Å²) in [6, 6.07) is 18.0. The maximum Gasteiger partial charge on any atom is 0.258 e. The van der Waals surface area contributed by atoms with Crippen LogP contribution in [0.3, 0.4) is 0 Å². The molecular weight excluding hydrogens is 272 g/mol. The Morgan fingerprint density at radius 1 is 1.00 bits per heavy atom. The topological polar surface area (TPSA) is 34.0 Å². The molecule has 3 nitrogen and oxygen atoms in total. The van der Waals surface area contributed by atoms with E-state index in [0.717, 1.165) is 34.3 Å². The smallest absolute Gasteiger partial charge is 0.258 e. The van der Waals surface area contributed by atoms with Crippen LogP contribution in [-0.4, -0.2) is 11.1 Å². The van der Waals surface area contributed by atoms with Gasteiger partial charge in [-0.2, -0.15) is 0 Å². The summed E-state index contributed by atoms with van der Waals surface area (Å²) in [5, 5.41) is 4.39. The van der Waals surface area contributed by atoms with Gasteiger partial charge in [-0.3, -0.25) is 4.79 Å². The fraction of sp³-hybridized carbons (Fsp3) is 0.211. The first-order valence-electron chi connectivity index (χ1n) is 7.71. The van der Waals surface area contributed by atoms with E-state index in [0.29, 0.717) is 6.54 Å². The summed E-state index contributed by atoms with van der Waals surface area (Å²) >= 11 is 0. The van der Waals surface area contributed by atoms with Gasteiger partial charge in [0, 0.05) is 24.3 Å². The molecule has 0 aliphatic rings. The number of nitrogens with one attached hydrogen (secondary N) is 1. The lowest BCUT2D eigenvalue weighted by molar-refractivity contribution is 0.761. The second-order valence-electron chi connectivity index (χ2n) is 5.28. The number of anilines is 1. The number of fused-ring (bicyclic) bond motifs is 1. The molecule has 0 saturated carbocycles. The zero-order valence-electron chi connectivity index (χ0n) is 13.0. The molecule has 1 N–H and O–H groups in total. The first-order chi connectivity index (χ1) is 10.7. The van der Waals surface area contributed by atoms with Gasteiger partial charge in [0.1, 0.15) is 0 Å². The number of nitrogens with zero attached hydrogens (tertiary/aromatic N) is 1. The average Bonchev–Trinajstić information content (AvgIpc) is 2.55. The molecule has 3 heteroatoms. The maximum atomic E-state index is 12.8. The van der Waals surface area contributed by atoms with Crippen molar-refractivity contribution in [1.82, 2.24) is 4.57 Å². The number of aromatic nitrogens is 1. The quantitative estimate of drug-likeness (QED) is 0.785. The fourth-order valence-electron chi connectivity index (χ4n) is 2.82. The first kappa shape index (κ1) is 14.4. The van der Waals surface area contributed by atoms with E-state index in [1.165, 1.54) is 0 Å². The highest BCUT2D eigenvalue weighted by Crippen LogP contribution is 2.23. The summed E-state index contributed by atoms with van der Waals surface area (Å²) in [4.78, 5) is 12.8. The molecule has 0 bridgehead atoms. The van der Waals surface area contributed by atoms with Crippen molar-refractivity contribution >= 4 is 16.6 Å². The number of rotatable bonds is 4. The van der Waals surface area contributed by atoms with Crippen LogP contribution in [0.15, 0.2) is 59.4 Å². The van der Waals surface area contributed by atoms with Crippen molar-refractivity contribution in [3.05, 3.63) is 65.0 Å². The molecule has 3 rings (SSSR count). The van der Waals surface area contributed by atoms with E-state index in [9.17, 15) is 4.79 Å². The highest BCUT2D eigenvalue weighted by Gasteiger charge is 2.10. The lowest BCUT2D eigenvalue weighted by atomic mass is 10.0. The normalized spacial score (nSPS) is 10.8. The van der Waals surface area contributed by atoms with E-state index in [1.54, 1.807) is 0 Å². The Balaban J connectivity index is 2.28. The molecule has 2 aromatic carbocycles. The zero-order valence-corrected chi connectivity index (χ0v) is 13.0. The van der Waals surface area contributed by atoms with Gasteiger partial charge in [-0.25, -0.2) is 0 Å². The summed E-state index contributed by atoms with van der Waals surface area (Å²) in [6.45, 7) is 5.60. The van der Waals surface area contributed by atoms with Crippen LogP contribution in [0.1, 0.15) is 13.8 Å². The van der Waals surface area contributed by atoms with E-state index >= 15 is 0 Å². The second kappa shape index (κ2) is 6.06. The van der Waals surface area contributed by atoms with E-state index < -0.39 is 0 Å². The van der Waals surface area contributed by atoms with E-state index in [1.807, 2.05) is 47.9 Å². The Kier molecular flexibility index (Phi) is 3.96. The molecule has 3 aromatic rings. The molecule has 112 valence electrons. The zero-order chi connectivity index (χ0) is 15.5. The third-order valence-electron chi connectivity index (χ3n) is 3.88. The summed E-state index contributed by atoms with van der Waals surface area (Å²) < 4.78 is 1.85. The molecule has 0 aliphatic heterocycles. The largest absolute Gasteiger partial charge is 0.385 e. The van der Waals surface area contributed by atoms with Crippen LogP contribution in [0, 0.1) is 0 Å². The Bertz CT molecular complexity index is 850.